The third-order valence-corrected chi connectivity index (χ3v) is 3.38. The number of ether oxygens (including phenoxy) is 1. The van der Waals surface area contributed by atoms with Crippen molar-refractivity contribution in [2.45, 2.75) is 32.7 Å². The summed E-state index contributed by atoms with van der Waals surface area (Å²) in [6, 6.07) is -0.394. The Balaban J connectivity index is 4.13. The van der Waals surface area contributed by atoms with Crippen LogP contribution in [-0.2, 0) is 19.4 Å². The predicted molar refractivity (Wildman–Crippen MR) is 58.2 cm³/mol. The molecular formula is C9H19NO4S. The van der Waals surface area contributed by atoms with E-state index in [1.807, 2.05) is 6.92 Å². The van der Waals surface area contributed by atoms with Gasteiger partial charge in [-0.2, -0.15) is 0 Å². The Kier molecular flexibility index (Phi) is 6.51. The molecule has 6 heteroatoms. The minimum Gasteiger partial charge on any atom is -0.465 e. The van der Waals surface area contributed by atoms with Gasteiger partial charge in [0.15, 0.2) is 9.84 Å². The lowest BCUT2D eigenvalue weighted by atomic mass is 10.2. The zero-order chi connectivity index (χ0) is 11.9. The van der Waals surface area contributed by atoms with E-state index in [1.54, 1.807) is 6.92 Å². The summed E-state index contributed by atoms with van der Waals surface area (Å²) in [7, 11) is -3.42. The smallest absolute Gasteiger partial charge is 0.321 e. The predicted octanol–water partition coefficient (Wildman–Crippen LogP) is 0.0917. The molecule has 0 aliphatic carbocycles. The van der Waals surface area contributed by atoms with Gasteiger partial charge in [0, 0.05) is 6.04 Å². The van der Waals surface area contributed by atoms with E-state index in [9.17, 15) is 13.2 Å². The first-order chi connectivity index (χ1) is 6.91. The summed E-state index contributed by atoms with van der Waals surface area (Å²) in [5, 5.41) is 0. The van der Waals surface area contributed by atoms with Crippen LogP contribution in [0.3, 0.4) is 0 Å². The molecule has 0 heterocycles. The molecule has 0 aliphatic heterocycles. The third-order valence-electron chi connectivity index (χ3n) is 1.77. The third kappa shape index (κ3) is 7.33. The average Bonchev–Trinajstić information content (AvgIpc) is 2.01. The fraction of sp³-hybridized carbons (Fsp3) is 0.889. The van der Waals surface area contributed by atoms with Gasteiger partial charge in [-0.15, -0.1) is 0 Å². The summed E-state index contributed by atoms with van der Waals surface area (Å²) < 4.78 is 27.4. The van der Waals surface area contributed by atoms with Gasteiger partial charge in [0.1, 0.15) is 5.75 Å². The molecule has 15 heavy (non-hydrogen) atoms. The van der Waals surface area contributed by atoms with Crippen molar-refractivity contribution in [2.24, 2.45) is 5.73 Å². The Morgan fingerprint density at radius 1 is 1.40 bits per heavy atom. The van der Waals surface area contributed by atoms with E-state index >= 15 is 0 Å². The molecular weight excluding hydrogens is 218 g/mol. The van der Waals surface area contributed by atoms with Gasteiger partial charge >= 0.3 is 5.97 Å². The average molecular weight is 237 g/mol. The molecule has 0 radical (unpaired) electrons. The number of carbonyl (C=O) groups excluding carboxylic acids is 1. The van der Waals surface area contributed by atoms with Gasteiger partial charge in [-0.25, -0.2) is 8.42 Å². The fourth-order valence-corrected chi connectivity index (χ4v) is 2.60. The molecule has 0 rings (SSSR count). The van der Waals surface area contributed by atoms with Crippen molar-refractivity contribution in [3.63, 3.8) is 0 Å². The highest BCUT2D eigenvalue weighted by Gasteiger charge is 2.20. The summed E-state index contributed by atoms with van der Waals surface area (Å²) in [6.07, 6.45) is 1.47. The van der Waals surface area contributed by atoms with Gasteiger partial charge in [0.25, 0.3) is 0 Å². The van der Waals surface area contributed by atoms with E-state index in [0.717, 1.165) is 6.42 Å². The minimum absolute atomic E-state index is 0.153. The van der Waals surface area contributed by atoms with E-state index in [1.165, 1.54) is 0 Å². The highest BCUT2D eigenvalue weighted by atomic mass is 32.2. The topological polar surface area (TPSA) is 86.5 Å². The summed E-state index contributed by atoms with van der Waals surface area (Å²) in [4.78, 5) is 11.0. The Hall–Kier alpha value is -0.620. The van der Waals surface area contributed by atoms with Crippen LogP contribution in [0.2, 0.25) is 0 Å². The van der Waals surface area contributed by atoms with Crippen LogP contribution in [0.25, 0.3) is 0 Å². The largest absolute Gasteiger partial charge is 0.465 e. The summed E-state index contributed by atoms with van der Waals surface area (Å²) in [5.74, 6) is -1.43. The zero-order valence-corrected chi connectivity index (χ0v) is 10.0. The van der Waals surface area contributed by atoms with Gasteiger partial charge in [0.2, 0.25) is 0 Å². The van der Waals surface area contributed by atoms with Crippen molar-refractivity contribution in [1.82, 2.24) is 0 Å². The van der Waals surface area contributed by atoms with Crippen LogP contribution >= 0.6 is 0 Å². The second-order valence-electron chi connectivity index (χ2n) is 3.41. The number of rotatable bonds is 7. The van der Waals surface area contributed by atoms with Crippen molar-refractivity contribution < 1.29 is 17.9 Å². The zero-order valence-electron chi connectivity index (χ0n) is 9.23. The second kappa shape index (κ2) is 6.79. The molecule has 5 nitrogen and oxygen atoms in total. The number of sulfone groups is 1. The molecule has 0 aromatic heterocycles. The van der Waals surface area contributed by atoms with E-state index in [-0.39, 0.29) is 12.4 Å². The van der Waals surface area contributed by atoms with Gasteiger partial charge < -0.3 is 10.5 Å². The van der Waals surface area contributed by atoms with Crippen LogP contribution in [-0.4, -0.2) is 38.5 Å². The maximum absolute atomic E-state index is 11.4. The van der Waals surface area contributed by atoms with Crippen molar-refractivity contribution in [3.05, 3.63) is 0 Å². The molecule has 90 valence electrons. The maximum Gasteiger partial charge on any atom is 0.321 e. The molecule has 1 unspecified atom stereocenters. The van der Waals surface area contributed by atoms with Gasteiger partial charge in [-0.05, 0) is 13.3 Å². The minimum atomic E-state index is -3.42. The Bertz CT molecular complexity index is 286. The first kappa shape index (κ1) is 14.4. The number of nitrogens with two attached hydrogens (primary N) is 1. The van der Waals surface area contributed by atoms with Crippen LogP contribution in [0.1, 0.15) is 26.7 Å². The SMILES string of the molecule is CCCC(N)CS(=O)(=O)CC(=O)OCC. The van der Waals surface area contributed by atoms with Crippen LogP contribution in [0.15, 0.2) is 0 Å². The fourth-order valence-electron chi connectivity index (χ4n) is 1.22. The second-order valence-corrected chi connectivity index (χ2v) is 5.52. The van der Waals surface area contributed by atoms with Gasteiger partial charge in [-0.3, -0.25) is 4.79 Å². The molecule has 0 spiro atoms. The molecule has 0 saturated heterocycles. The number of hydrogen-bond acceptors (Lipinski definition) is 5. The molecule has 0 aliphatic rings. The number of esters is 1. The monoisotopic (exact) mass is 237 g/mol. The Labute approximate surface area is 90.9 Å². The summed E-state index contributed by atoms with van der Waals surface area (Å²) in [6.45, 7) is 3.75. The highest BCUT2D eigenvalue weighted by molar-refractivity contribution is 7.92. The lowest BCUT2D eigenvalue weighted by Crippen LogP contribution is -2.32. The highest BCUT2D eigenvalue weighted by Crippen LogP contribution is 2.00. The maximum atomic E-state index is 11.4. The Morgan fingerprint density at radius 3 is 2.47 bits per heavy atom. The first-order valence-electron chi connectivity index (χ1n) is 5.03. The van der Waals surface area contributed by atoms with E-state index in [0.29, 0.717) is 6.42 Å². The van der Waals surface area contributed by atoms with E-state index in [2.05, 4.69) is 4.74 Å². The van der Waals surface area contributed by atoms with Crippen molar-refractivity contribution in [2.75, 3.05) is 18.1 Å². The van der Waals surface area contributed by atoms with Crippen LogP contribution in [0, 0.1) is 0 Å². The van der Waals surface area contributed by atoms with Gasteiger partial charge in [0.05, 0.1) is 12.4 Å². The number of carbonyl (C=O) groups is 1. The molecule has 1 atom stereocenters. The molecule has 0 bridgehead atoms. The number of hydrogen-bond donors (Lipinski definition) is 1. The Morgan fingerprint density at radius 2 is 2.00 bits per heavy atom. The van der Waals surface area contributed by atoms with Crippen LogP contribution < -0.4 is 5.73 Å². The molecule has 0 saturated carbocycles. The quantitative estimate of drug-likeness (QED) is 0.634. The van der Waals surface area contributed by atoms with Crippen molar-refractivity contribution >= 4 is 15.8 Å². The molecule has 2 N–H and O–H groups in total. The summed E-state index contributed by atoms with van der Waals surface area (Å²) in [5.41, 5.74) is 5.59. The normalized spacial score (nSPS) is 13.5. The van der Waals surface area contributed by atoms with E-state index < -0.39 is 27.6 Å². The lowest BCUT2D eigenvalue weighted by Gasteiger charge is -2.10. The standard InChI is InChI=1S/C9H19NO4S/c1-3-5-8(10)6-15(12,13)7-9(11)14-4-2/h8H,3-7,10H2,1-2H3. The molecule has 0 fully saturated rings. The van der Waals surface area contributed by atoms with Crippen molar-refractivity contribution in [1.29, 1.82) is 0 Å². The van der Waals surface area contributed by atoms with Crippen LogP contribution in [0.5, 0.6) is 0 Å². The van der Waals surface area contributed by atoms with Gasteiger partial charge in [-0.1, -0.05) is 13.3 Å². The molecule has 0 aromatic carbocycles. The summed E-state index contributed by atoms with van der Waals surface area (Å²) >= 11 is 0. The first-order valence-corrected chi connectivity index (χ1v) is 6.85. The molecule has 0 amide bonds. The van der Waals surface area contributed by atoms with Crippen LogP contribution in [0.4, 0.5) is 0 Å². The van der Waals surface area contributed by atoms with Crippen molar-refractivity contribution in [3.8, 4) is 0 Å². The molecule has 0 aromatic rings. The lowest BCUT2D eigenvalue weighted by molar-refractivity contribution is -0.139. The van der Waals surface area contributed by atoms with E-state index in [4.69, 9.17) is 5.73 Å².